The van der Waals surface area contributed by atoms with Crippen LogP contribution in [0.25, 0.3) is 0 Å². The van der Waals surface area contributed by atoms with Gasteiger partial charge in [-0.15, -0.1) is 0 Å². The molecule has 110 valence electrons. The molecule has 1 aromatic heterocycles. The number of anilines is 1. The predicted octanol–water partition coefficient (Wildman–Crippen LogP) is 2.81. The summed E-state index contributed by atoms with van der Waals surface area (Å²) in [6, 6.07) is 5.27. The van der Waals surface area contributed by atoms with Gasteiger partial charge in [0, 0.05) is 18.3 Å². The highest BCUT2D eigenvalue weighted by molar-refractivity contribution is 5.52. The van der Waals surface area contributed by atoms with Crippen LogP contribution in [0, 0.1) is 5.92 Å². The van der Waals surface area contributed by atoms with Gasteiger partial charge in [-0.05, 0) is 50.3 Å². The van der Waals surface area contributed by atoms with Crippen molar-refractivity contribution < 1.29 is 4.74 Å². The Bertz CT molecular complexity index is 431. The van der Waals surface area contributed by atoms with Crippen LogP contribution in [-0.4, -0.2) is 30.7 Å². The molecule has 0 bridgehead atoms. The van der Waals surface area contributed by atoms with Crippen molar-refractivity contribution in [2.24, 2.45) is 5.92 Å². The molecule has 1 saturated carbocycles. The van der Waals surface area contributed by atoms with E-state index in [0.29, 0.717) is 18.0 Å². The van der Waals surface area contributed by atoms with Crippen LogP contribution in [0.1, 0.15) is 38.5 Å². The number of pyridine rings is 1. The second-order valence-electron chi connectivity index (χ2n) is 5.96. The van der Waals surface area contributed by atoms with E-state index in [4.69, 9.17) is 4.74 Å². The van der Waals surface area contributed by atoms with Gasteiger partial charge in [0.25, 0.3) is 0 Å². The van der Waals surface area contributed by atoms with Gasteiger partial charge in [-0.2, -0.15) is 0 Å². The molecule has 0 radical (unpaired) electrons. The van der Waals surface area contributed by atoms with Gasteiger partial charge in [0.1, 0.15) is 0 Å². The van der Waals surface area contributed by atoms with Gasteiger partial charge in [-0.3, -0.25) is 0 Å². The molecule has 1 aliphatic heterocycles. The molecule has 4 heteroatoms. The third-order valence-electron chi connectivity index (χ3n) is 4.74. The first-order valence-corrected chi connectivity index (χ1v) is 7.87. The summed E-state index contributed by atoms with van der Waals surface area (Å²) in [5, 5.41) is 7.38. The second kappa shape index (κ2) is 6.44. The van der Waals surface area contributed by atoms with Crippen LogP contribution in [0.5, 0.6) is 5.88 Å². The van der Waals surface area contributed by atoms with Crippen molar-refractivity contribution in [2.75, 3.05) is 19.0 Å². The van der Waals surface area contributed by atoms with Crippen molar-refractivity contribution >= 4 is 5.69 Å². The Morgan fingerprint density at radius 1 is 1.25 bits per heavy atom. The fraction of sp³-hybridized carbons (Fsp3) is 0.688. The molecule has 3 rings (SSSR count). The van der Waals surface area contributed by atoms with Crippen molar-refractivity contribution in [1.82, 2.24) is 10.3 Å². The highest BCUT2D eigenvalue weighted by Crippen LogP contribution is 2.34. The molecule has 3 unspecified atom stereocenters. The molecule has 1 aromatic rings. The van der Waals surface area contributed by atoms with Crippen LogP contribution in [0.4, 0.5) is 5.69 Å². The normalized spacial score (nSPS) is 30.1. The molecule has 2 aliphatic rings. The summed E-state index contributed by atoms with van der Waals surface area (Å²) < 4.78 is 5.36. The average Bonchev–Trinajstić information content (AvgIpc) is 3.02. The van der Waals surface area contributed by atoms with E-state index < -0.39 is 0 Å². The molecule has 4 nitrogen and oxygen atoms in total. The maximum atomic E-state index is 5.36. The largest absolute Gasteiger partial charge is 0.480 e. The van der Waals surface area contributed by atoms with Crippen molar-refractivity contribution in [3.8, 4) is 5.88 Å². The van der Waals surface area contributed by atoms with E-state index in [0.717, 1.165) is 11.6 Å². The van der Waals surface area contributed by atoms with E-state index in [9.17, 15) is 0 Å². The smallest absolute Gasteiger partial charge is 0.237 e. The third-order valence-corrected chi connectivity index (χ3v) is 4.74. The van der Waals surface area contributed by atoms with Gasteiger partial charge in [0.15, 0.2) is 0 Å². The Morgan fingerprint density at radius 3 is 2.95 bits per heavy atom. The third kappa shape index (κ3) is 2.90. The van der Waals surface area contributed by atoms with Crippen LogP contribution in [0.15, 0.2) is 18.3 Å². The number of aromatic nitrogens is 1. The zero-order chi connectivity index (χ0) is 13.8. The number of hydrogen-bond acceptors (Lipinski definition) is 4. The minimum absolute atomic E-state index is 0.539. The van der Waals surface area contributed by atoms with Gasteiger partial charge in [-0.25, -0.2) is 4.98 Å². The first-order chi connectivity index (χ1) is 9.88. The molecule has 20 heavy (non-hydrogen) atoms. The number of methoxy groups -OCH3 is 1. The Balaban J connectivity index is 1.73. The first kappa shape index (κ1) is 13.7. The monoisotopic (exact) mass is 275 g/mol. The molecule has 2 fully saturated rings. The quantitative estimate of drug-likeness (QED) is 0.887. The molecule has 2 N–H and O–H groups in total. The van der Waals surface area contributed by atoms with Gasteiger partial charge in [-0.1, -0.05) is 12.8 Å². The van der Waals surface area contributed by atoms with E-state index in [1.807, 2.05) is 6.07 Å². The second-order valence-corrected chi connectivity index (χ2v) is 5.96. The van der Waals surface area contributed by atoms with Gasteiger partial charge >= 0.3 is 0 Å². The predicted molar refractivity (Wildman–Crippen MR) is 81.2 cm³/mol. The summed E-state index contributed by atoms with van der Waals surface area (Å²) in [7, 11) is 1.68. The standard InChI is InChI=1S/C16H25N3O/c1-20-16-15(9-5-11-18-16)19-14-7-3-2-6-12(14)13-8-4-10-17-13/h5,9,11-14,17,19H,2-4,6-8,10H2,1H3. The lowest BCUT2D eigenvalue weighted by Gasteiger charge is -2.36. The van der Waals surface area contributed by atoms with E-state index in [1.54, 1.807) is 13.3 Å². The fourth-order valence-corrected chi connectivity index (χ4v) is 3.76. The van der Waals surface area contributed by atoms with E-state index in [1.165, 1.54) is 45.1 Å². The van der Waals surface area contributed by atoms with Crippen LogP contribution in [0.2, 0.25) is 0 Å². The molecule has 0 amide bonds. The SMILES string of the molecule is COc1ncccc1NC1CCCCC1C1CCCN1. The average molecular weight is 275 g/mol. The molecular formula is C16H25N3O. The highest BCUT2D eigenvalue weighted by atomic mass is 16.5. The Hall–Kier alpha value is -1.29. The first-order valence-electron chi connectivity index (χ1n) is 7.87. The molecule has 1 aliphatic carbocycles. The van der Waals surface area contributed by atoms with Gasteiger partial charge in [0.2, 0.25) is 5.88 Å². The van der Waals surface area contributed by atoms with E-state index >= 15 is 0 Å². The zero-order valence-corrected chi connectivity index (χ0v) is 12.3. The molecule has 1 saturated heterocycles. The topological polar surface area (TPSA) is 46.2 Å². The lowest BCUT2D eigenvalue weighted by molar-refractivity contribution is 0.262. The summed E-state index contributed by atoms with van der Waals surface area (Å²) in [6.07, 6.45) is 9.70. The van der Waals surface area contributed by atoms with Crippen LogP contribution < -0.4 is 15.4 Å². The van der Waals surface area contributed by atoms with Crippen LogP contribution in [0.3, 0.4) is 0 Å². The summed E-state index contributed by atoms with van der Waals surface area (Å²) in [4.78, 5) is 4.28. The van der Waals surface area contributed by atoms with Crippen LogP contribution >= 0.6 is 0 Å². The maximum Gasteiger partial charge on any atom is 0.237 e. The van der Waals surface area contributed by atoms with Gasteiger partial charge < -0.3 is 15.4 Å². The fourth-order valence-electron chi connectivity index (χ4n) is 3.76. The number of nitrogens with zero attached hydrogens (tertiary/aromatic N) is 1. The Kier molecular flexibility index (Phi) is 4.41. The van der Waals surface area contributed by atoms with Crippen molar-refractivity contribution in [2.45, 2.75) is 50.6 Å². The Labute approximate surface area is 121 Å². The van der Waals surface area contributed by atoms with Crippen LogP contribution in [-0.2, 0) is 0 Å². The molecule has 3 atom stereocenters. The summed E-state index contributed by atoms with van der Waals surface area (Å²) in [5.41, 5.74) is 1.03. The lowest BCUT2D eigenvalue weighted by Crippen LogP contribution is -2.43. The summed E-state index contributed by atoms with van der Waals surface area (Å²) in [6.45, 7) is 1.18. The number of nitrogens with one attached hydrogen (secondary N) is 2. The zero-order valence-electron chi connectivity index (χ0n) is 12.3. The molecule has 0 spiro atoms. The molecular weight excluding hydrogens is 250 g/mol. The summed E-state index contributed by atoms with van der Waals surface area (Å²) >= 11 is 0. The minimum Gasteiger partial charge on any atom is -0.480 e. The summed E-state index contributed by atoms with van der Waals surface area (Å²) in [5.74, 6) is 1.44. The van der Waals surface area contributed by atoms with E-state index in [-0.39, 0.29) is 0 Å². The number of hydrogen-bond donors (Lipinski definition) is 2. The molecule has 0 aromatic carbocycles. The number of rotatable bonds is 4. The van der Waals surface area contributed by atoms with Crippen molar-refractivity contribution in [1.29, 1.82) is 0 Å². The van der Waals surface area contributed by atoms with Gasteiger partial charge in [0.05, 0.1) is 12.8 Å². The Morgan fingerprint density at radius 2 is 2.15 bits per heavy atom. The van der Waals surface area contributed by atoms with Crippen molar-refractivity contribution in [3.05, 3.63) is 18.3 Å². The number of ether oxygens (including phenoxy) is 1. The molecule has 2 heterocycles. The van der Waals surface area contributed by atoms with E-state index in [2.05, 4.69) is 21.7 Å². The highest BCUT2D eigenvalue weighted by Gasteiger charge is 2.33. The lowest BCUT2D eigenvalue weighted by atomic mass is 9.79. The minimum atomic E-state index is 0.539. The van der Waals surface area contributed by atoms with Crippen molar-refractivity contribution in [3.63, 3.8) is 0 Å². The maximum absolute atomic E-state index is 5.36.